The molecule has 26 valence electrons. The number of hydrogen-bond donors (Lipinski definition) is 0. The molecule has 0 spiro atoms. The molecule has 0 unspecified atom stereocenters. The molecule has 0 aromatic carbocycles. The van der Waals surface area contributed by atoms with Crippen LogP contribution in [0.4, 0.5) is 0 Å². The molecule has 0 radical (unpaired) electrons. The monoisotopic (exact) mass is 178 g/mol. The van der Waals surface area contributed by atoms with E-state index in [-0.39, 0.29) is 0 Å². The number of hydrogen-bond acceptors (Lipinski definition) is 0. The van der Waals surface area contributed by atoms with E-state index in [1.54, 1.807) is 0 Å². The molecule has 3 heteroatoms. The zero-order valence-corrected chi connectivity index (χ0v) is 5.40. The maximum absolute atomic E-state index is 2.21. The molecule has 0 fully saturated rings. The van der Waals surface area contributed by atoms with E-state index in [9.17, 15) is 0 Å². The minimum absolute atomic E-state index is 1.16. The van der Waals surface area contributed by atoms with Gasteiger partial charge in [0.15, 0.2) is 0 Å². The van der Waals surface area contributed by atoms with Crippen LogP contribution in [0.1, 0.15) is 6.92 Å². The van der Waals surface area contributed by atoms with Crippen LogP contribution in [0.25, 0.3) is 0 Å². The maximum atomic E-state index is 2.21. The van der Waals surface area contributed by atoms with Crippen LogP contribution >= 0.6 is 22.4 Å². The Morgan fingerprint density at radius 3 is 2.40 bits per heavy atom. The molecule has 0 aliphatic heterocycles. The van der Waals surface area contributed by atoms with E-state index < -0.39 is 0 Å². The third-order valence-corrected chi connectivity index (χ3v) is 0.833. The van der Waals surface area contributed by atoms with Gasteiger partial charge in [-0.3, -0.25) is 0 Å². The second kappa shape index (κ2) is 4.86. The zero-order valence-electron chi connectivity index (χ0n) is 3.24. The van der Waals surface area contributed by atoms with Crippen molar-refractivity contribution in [2.75, 3.05) is 0 Å². The Hall–Kier alpha value is 0.860. The van der Waals surface area contributed by atoms with E-state index in [0.29, 0.717) is 0 Å². The summed E-state index contributed by atoms with van der Waals surface area (Å²) in [6.07, 6.45) is 1.16. The first-order valence-corrected chi connectivity index (χ1v) is 2.91. The van der Waals surface area contributed by atoms with E-state index >= 15 is 0 Å². The Balaban J connectivity index is 2.62. The van der Waals surface area contributed by atoms with Gasteiger partial charge in [0, 0.05) is 0 Å². The summed E-state index contributed by atoms with van der Waals surface area (Å²) in [4.78, 5) is 0. The van der Waals surface area contributed by atoms with Gasteiger partial charge in [0.25, 0.3) is 0 Å². The van der Waals surface area contributed by atoms with Crippen LogP contribution in [0.5, 0.6) is 0 Å². The van der Waals surface area contributed by atoms with Crippen molar-refractivity contribution in [3.8, 4) is 0 Å². The standard InChI is InChI=1S/C2H5B2I/c1-2-3-4-5/h2H2,1H3. The zero-order chi connectivity index (χ0) is 4.12. The third-order valence-electron chi connectivity index (χ3n) is 0.325. The first-order valence-electron chi connectivity index (χ1n) is 1.67. The number of rotatable bonds is 1. The molecule has 0 heterocycles. The van der Waals surface area contributed by atoms with Crippen molar-refractivity contribution < 1.29 is 0 Å². The Bertz CT molecular complexity index is 34.6. The van der Waals surface area contributed by atoms with Crippen LogP contribution in [0.2, 0.25) is 6.32 Å². The fraction of sp³-hybridized carbons (Fsp3) is 1.00. The van der Waals surface area contributed by atoms with E-state index in [1.807, 2.05) is 4.66 Å². The van der Waals surface area contributed by atoms with Gasteiger partial charge in [-0.2, -0.15) is 0 Å². The second-order valence-electron chi connectivity index (χ2n) is 0.770. The molecule has 0 amide bonds. The summed E-state index contributed by atoms with van der Waals surface area (Å²) in [6, 6.07) is 0. The van der Waals surface area contributed by atoms with E-state index in [2.05, 4.69) is 36.1 Å². The molecule has 0 rings (SSSR count). The molecule has 0 nitrogen and oxygen atoms in total. The molecular formula is C2H5B2I. The summed E-state index contributed by atoms with van der Waals surface area (Å²) in [5.41, 5.74) is 0. The van der Waals surface area contributed by atoms with Crippen molar-refractivity contribution in [3.63, 3.8) is 0 Å². The van der Waals surface area contributed by atoms with E-state index in [1.165, 1.54) is 0 Å². The molecule has 0 N–H and O–H groups in total. The molecule has 0 saturated carbocycles. The Morgan fingerprint density at radius 1 is 1.80 bits per heavy atom. The molecular weight excluding hydrogens is 173 g/mol. The Kier molecular flexibility index (Phi) is 5.70. The Labute approximate surface area is 47.3 Å². The topological polar surface area (TPSA) is 0 Å². The van der Waals surface area contributed by atoms with Gasteiger partial charge in [0.05, 0.1) is 0 Å². The molecule has 0 aromatic heterocycles. The van der Waals surface area contributed by atoms with Gasteiger partial charge in [0.1, 0.15) is 0 Å². The molecule has 0 aromatic rings. The van der Waals surface area contributed by atoms with Crippen LogP contribution in [0, 0.1) is 0 Å². The molecule has 0 aliphatic carbocycles. The first-order chi connectivity index (χ1) is 2.41. The molecule has 5 heavy (non-hydrogen) atoms. The van der Waals surface area contributed by atoms with Crippen LogP contribution in [0.3, 0.4) is 0 Å². The molecule has 0 atom stereocenters. The van der Waals surface area contributed by atoms with Gasteiger partial charge in [-0.05, 0) is 0 Å². The molecule has 0 bridgehead atoms. The van der Waals surface area contributed by atoms with Gasteiger partial charge in [-0.1, -0.05) is 0 Å². The predicted octanol–water partition coefficient (Wildman–Crippen LogP) is 1.10. The summed E-state index contributed by atoms with van der Waals surface area (Å²) in [6.45, 7) is 4.23. The Morgan fingerprint density at radius 2 is 2.40 bits per heavy atom. The van der Waals surface area contributed by atoms with Crippen molar-refractivity contribution in [2.24, 2.45) is 0 Å². The SMILES string of the molecule is CCB=BI. The quantitative estimate of drug-likeness (QED) is 0.416. The van der Waals surface area contributed by atoms with Crippen molar-refractivity contribution in [3.05, 3.63) is 0 Å². The van der Waals surface area contributed by atoms with Crippen LogP contribution < -0.4 is 0 Å². The second-order valence-corrected chi connectivity index (χ2v) is 1.49. The summed E-state index contributed by atoms with van der Waals surface area (Å²) >= 11 is 2.21. The summed E-state index contributed by atoms with van der Waals surface area (Å²) in [7, 11) is 0. The summed E-state index contributed by atoms with van der Waals surface area (Å²) in [5.74, 6) is 0. The number of halogens is 1. The minimum atomic E-state index is 1.16. The first kappa shape index (κ1) is 5.86. The van der Waals surface area contributed by atoms with Crippen molar-refractivity contribution in [1.29, 1.82) is 0 Å². The predicted molar refractivity (Wildman–Crippen MR) is 36.0 cm³/mol. The van der Waals surface area contributed by atoms with Crippen molar-refractivity contribution in [2.45, 2.75) is 13.2 Å². The average Bonchev–Trinajstić information content (AvgIpc) is 1.41. The van der Waals surface area contributed by atoms with Crippen LogP contribution in [-0.4, -0.2) is 11.5 Å². The average molecular weight is 178 g/mol. The van der Waals surface area contributed by atoms with Crippen molar-refractivity contribution in [1.82, 2.24) is 0 Å². The van der Waals surface area contributed by atoms with Crippen molar-refractivity contribution >= 4 is 33.8 Å². The molecule has 0 aliphatic rings. The van der Waals surface area contributed by atoms with Gasteiger partial charge in [-0.15, -0.1) is 0 Å². The van der Waals surface area contributed by atoms with E-state index in [0.717, 1.165) is 6.32 Å². The van der Waals surface area contributed by atoms with Gasteiger partial charge in [0.2, 0.25) is 0 Å². The summed E-state index contributed by atoms with van der Waals surface area (Å²) < 4.78 is 2.03. The van der Waals surface area contributed by atoms with E-state index in [4.69, 9.17) is 0 Å². The third kappa shape index (κ3) is 4.86. The fourth-order valence-corrected chi connectivity index (χ4v) is 0.598. The fourth-order valence-electron chi connectivity index (χ4n) is 0.0891. The van der Waals surface area contributed by atoms with Gasteiger partial charge < -0.3 is 0 Å². The van der Waals surface area contributed by atoms with Crippen LogP contribution in [0.15, 0.2) is 0 Å². The normalized spacial score (nSPS) is 6.80. The van der Waals surface area contributed by atoms with Gasteiger partial charge >= 0.3 is 47.1 Å². The van der Waals surface area contributed by atoms with Gasteiger partial charge in [-0.25, -0.2) is 0 Å². The molecule has 0 saturated heterocycles. The summed E-state index contributed by atoms with van der Waals surface area (Å²) in [5, 5.41) is 0. The van der Waals surface area contributed by atoms with Crippen LogP contribution in [-0.2, 0) is 0 Å².